The Balaban J connectivity index is 1.44. The first kappa shape index (κ1) is 17.9. The van der Waals surface area contributed by atoms with Crippen LogP contribution in [-0.2, 0) is 11.8 Å². The van der Waals surface area contributed by atoms with Gasteiger partial charge in [-0.1, -0.05) is 6.07 Å². The van der Waals surface area contributed by atoms with Gasteiger partial charge in [-0.3, -0.25) is 9.48 Å². The van der Waals surface area contributed by atoms with Crippen molar-refractivity contribution in [3.63, 3.8) is 0 Å². The van der Waals surface area contributed by atoms with Crippen molar-refractivity contribution in [3.05, 3.63) is 42.0 Å². The second-order valence-corrected chi connectivity index (χ2v) is 9.37. The first-order valence-electron chi connectivity index (χ1n) is 10.5. The third-order valence-corrected chi connectivity index (χ3v) is 7.75. The molecular weight excluding hydrogens is 394 g/mol. The molecule has 2 aliphatic heterocycles. The molecule has 6 rings (SSSR count). The molecule has 5 heterocycles. The van der Waals surface area contributed by atoms with Crippen LogP contribution in [0.3, 0.4) is 0 Å². The van der Waals surface area contributed by atoms with E-state index in [0.717, 1.165) is 65.8 Å². The van der Waals surface area contributed by atoms with Crippen molar-refractivity contribution in [1.82, 2.24) is 20.1 Å². The fourth-order valence-corrected chi connectivity index (χ4v) is 5.88. The van der Waals surface area contributed by atoms with Crippen LogP contribution in [0.25, 0.3) is 32.2 Å². The number of rotatable bonds is 2. The summed E-state index contributed by atoms with van der Waals surface area (Å²) < 4.78 is 1.90. The van der Waals surface area contributed by atoms with E-state index in [0.29, 0.717) is 0 Å². The summed E-state index contributed by atoms with van der Waals surface area (Å²) in [7, 11) is 1.97. The highest BCUT2D eigenvalue weighted by atomic mass is 32.1. The van der Waals surface area contributed by atoms with Gasteiger partial charge < -0.3 is 10.2 Å². The number of anilines is 1. The molecule has 3 aromatic heterocycles. The second kappa shape index (κ2) is 6.54. The monoisotopic (exact) mass is 417 g/mol. The maximum absolute atomic E-state index is 12.4. The number of benzene rings is 1. The molecule has 0 saturated carbocycles. The highest BCUT2D eigenvalue weighted by Crippen LogP contribution is 2.44. The summed E-state index contributed by atoms with van der Waals surface area (Å²) in [6.45, 7) is 2.61. The fourth-order valence-electron chi connectivity index (χ4n) is 5.15. The van der Waals surface area contributed by atoms with Crippen molar-refractivity contribution in [2.45, 2.75) is 19.3 Å². The average molecular weight is 418 g/mol. The molecule has 4 aromatic rings. The van der Waals surface area contributed by atoms with Crippen LogP contribution < -0.4 is 10.2 Å². The number of amides is 1. The summed E-state index contributed by atoms with van der Waals surface area (Å²) in [4.78, 5) is 20.7. The smallest absolute Gasteiger partial charge is 0.226 e. The normalized spacial score (nSPS) is 18.6. The van der Waals surface area contributed by atoms with E-state index in [1.807, 2.05) is 24.1 Å². The zero-order valence-electron chi connectivity index (χ0n) is 16.9. The largest absolute Gasteiger partial charge is 0.370 e. The third kappa shape index (κ3) is 2.58. The van der Waals surface area contributed by atoms with E-state index in [2.05, 4.69) is 45.0 Å². The van der Waals surface area contributed by atoms with Crippen LogP contribution in [0, 0.1) is 5.41 Å². The number of carbonyl (C=O) groups is 1. The Labute approximate surface area is 178 Å². The highest BCUT2D eigenvalue weighted by molar-refractivity contribution is 7.16. The predicted molar refractivity (Wildman–Crippen MR) is 121 cm³/mol. The number of hydrogen-bond acceptors (Lipinski definition) is 5. The van der Waals surface area contributed by atoms with Crippen LogP contribution in [0.5, 0.6) is 0 Å². The number of carbonyl (C=O) groups excluding carboxylic acids is 1. The Kier molecular flexibility index (Phi) is 3.90. The molecule has 1 N–H and O–H groups in total. The molecule has 30 heavy (non-hydrogen) atoms. The lowest BCUT2D eigenvalue weighted by Gasteiger charge is -2.39. The molecular formula is C23H23N5OS. The van der Waals surface area contributed by atoms with Crippen LogP contribution in [0.15, 0.2) is 42.0 Å². The summed E-state index contributed by atoms with van der Waals surface area (Å²) in [5.41, 5.74) is 4.52. The molecule has 2 aliphatic rings. The van der Waals surface area contributed by atoms with E-state index in [9.17, 15) is 4.79 Å². The fraction of sp³-hybridized carbons (Fsp3) is 0.348. The minimum Gasteiger partial charge on any atom is -0.370 e. The molecule has 7 heteroatoms. The van der Waals surface area contributed by atoms with E-state index in [4.69, 9.17) is 4.98 Å². The number of pyridine rings is 1. The second-order valence-electron chi connectivity index (χ2n) is 8.47. The number of aryl methyl sites for hydroxylation is 1. The lowest BCUT2D eigenvalue weighted by molar-refractivity contribution is -0.128. The standard InChI is InChI=1S/C23H23N5OS/c1-27-19-3-2-15(12-16(19)13-26-27)18-14-25-21-17(4-11-30-21)20(18)28-9-6-23(7-10-28)5-8-24-22(23)29/h2-4,11-14H,5-10H2,1H3,(H,24,29). The number of piperidine rings is 1. The molecule has 1 aromatic carbocycles. The molecule has 0 atom stereocenters. The number of thiophene rings is 1. The van der Waals surface area contributed by atoms with Gasteiger partial charge in [0.1, 0.15) is 4.83 Å². The molecule has 0 bridgehead atoms. The summed E-state index contributed by atoms with van der Waals surface area (Å²) in [5, 5.41) is 11.9. The van der Waals surface area contributed by atoms with Gasteiger partial charge in [0.2, 0.25) is 5.91 Å². The van der Waals surface area contributed by atoms with E-state index < -0.39 is 0 Å². The van der Waals surface area contributed by atoms with Crippen molar-refractivity contribution in [1.29, 1.82) is 0 Å². The number of nitrogens with one attached hydrogen (secondary N) is 1. The summed E-state index contributed by atoms with van der Waals surface area (Å²) in [6, 6.07) is 8.68. The molecule has 1 amide bonds. The van der Waals surface area contributed by atoms with Crippen molar-refractivity contribution >= 4 is 44.1 Å². The first-order chi connectivity index (χ1) is 14.6. The number of nitrogens with zero attached hydrogens (tertiary/aromatic N) is 4. The molecule has 0 aliphatic carbocycles. The molecule has 0 radical (unpaired) electrons. The van der Waals surface area contributed by atoms with E-state index >= 15 is 0 Å². The van der Waals surface area contributed by atoms with Gasteiger partial charge in [0.15, 0.2) is 0 Å². The maximum atomic E-state index is 12.4. The van der Waals surface area contributed by atoms with Crippen molar-refractivity contribution in [3.8, 4) is 11.1 Å². The SMILES string of the molecule is Cn1ncc2cc(-c3cnc4sccc4c3N3CCC4(CCNC4=O)CC3)ccc21. The quantitative estimate of drug-likeness (QED) is 0.536. The van der Waals surface area contributed by atoms with Gasteiger partial charge in [-0.05, 0) is 48.4 Å². The lowest BCUT2D eigenvalue weighted by atomic mass is 9.77. The van der Waals surface area contributed by atoms with Gasteiger partial charge >= 0.3 is 0 Å². The van der Waals surface area contributed by atoms with Crippen LogP contribution >= 0.6 is 11.3 Å². The topological polar surface area (TPSA) is 63.1 Å². The lowest BCUT2D eigenvalue weighted by Crippen LogP contribution is -2.44. The van der Waals surface area contributed by atoms with E-state index in [1.165, 1.54) is 11.1 Å². The average Bonchev–Trinajstić information content (AvgIpc) is 3.48. The van der Waals surface area contributed by atoms with Gasteiger partial charge in [0.25, 0.3) is 0 Å². The first-order valence-corrected chi connectivity index (χ1v) is 11.3. The molecule has 152 valence electrons. The van der Waals surface area contributed by atoms with E-state index in [1.54, 1.807) is 11.3 Å². The van der Waals surface area contributed by atoms with Crippen molar-refractivity contribution in [2.24, 2.45) is 12.5 Å². The number of fused-ring (bicyclic) bond motifs is 2. The van der Waals surface area contributed by atoms with E-state index in [-0.39, 0.29) is 11.3 Å². The highest BCUT2D eigenvalue weighted by Gasteiger charge is 2.44. The Hall–Kier alpha value is -2.93. The van der Waals surface area contributed by atoms with Crippen LogP contribution in [-0.4, -0.2) is 40.3 Å². The zero-order chi connectivity index (χ0) is 20.3. The molecule has 0 unspecified atom stereocenters. The Bertz CT molecular complexity index is 1280. The number of hydrogen-bond donors (Lipinski definition) is 1. The van der Waals surface area contributed by atoms with Crippen molar-refractivity contribution in [2.75, 3.05) is 24.5 Å². The van der Waals surface area contributed by atoms with Gasteiger partial charge in [0, 0.05) is 49.2 Å². The van der Waals surface area contributed by atoms with Gasteiger partial charge in [0.05, 0.1) is 22.8 Å². The zero-order valence-corrected chi connectivity index (χ0v) is 17.7. The summed E-state index contributed by atoms with van der Waals surface area (Å²) in [6.07, 6.45) is 6.72. The molecule has 1 spiro atoms. The maximum Gasteiger partial charge on any atom is 0.226 e. The Morgan fingerprint density at radius 3 is 2.80 bits per heavy atom. The van der Waals surface area contributed by atoms with Crippen molar-refractivity contribution < 1.29 is 4.79 Å². The Morgan fingerprint density at radius 1 is 1.13 bits per heavy atom. The third-order valence-electron chi connectivity index (χ3n) is 6.93. The van der Waals surface area contributed by atoms with Gasteiger partial charge in [-0.2, -0.15) is 5.10 Å². The van der Waals surface area contributed by atoms with Gasteiger partial charge in [-0.25, -0.2) is 4.98 Å². The minimum atomic E-state index is -0.161. The van der Waals surface area contributed by atoms with Crippen LogP contribution in [0.2, 0.25) is 0 Å². The summed E-state index contributed by atoms with van der Waals surface area (Å²) >= 11 is 1.68. The molecule has 2 fully saturated rings. The Morgan fingerprint density at radius 2 is 2.00 bits per heavy atom. The predicted octanol–water partition coefficient (Wildman–Crippen LogP) is 3.96. The summed E-state index contributed by atoms with van der Waals surface area (Å²) in [5.74, 6) is 0.250. The van der Waals surface area contributed by atoms with Gasteiger partial charge in [-0.15, -0.1) is 11.3 Å². The molecule has 2 saturated heterocycles. The molecule has 6 nitrogen and oxygen atoms in total. The van der Waals surface area contributed by atoms with Crippen LogP contribution in [0.4, 0.5) is 5.69 Å². The van der Waals surface area contributed by atoms with Crippen LogP contribution in [0.1, 0.15) is 19.3 Å². The number of aromatic nitrogens is 3. The minimum absolute atomic E-state index is 0.161.